The lowest BCUT2D eigenvalue weighted by atomic mass is 9.74. The molecule has 3 fully saturated rings. The van der Waals surface area contributed by atoms with Crippen LogP contribution in [0.15, 0.2) is 30.7 Å². The lowest BCUT2D eigenvalue weighted by Crippen LogP contribution is -2.42. The van der Waals surface area contributed by atoms with Crippen LogP contribution < -0.4 is 10.6 Å². The van der Waals surface area contributed by atoms with Gasteiger partial charge in [0.2, 0.25) is 5.91 Å². The molecule has 1 aromatic carbocycles. The molecule has 3 N–H and O–H groups in total. The fourth-order valence-corrected chi connectivity index (χ4v) is 6.29. The van der Waals surface area contributed by atoms with Gasteiger partial charge in [0.25, 0.3) is 0 Å². The van der Waals surface area contributed by atoms with E-state index in [4.69, 9.17) is 11.6 Å². The first-order chi connectivity index (χ1) is 16.2. The van der Waals surface area contributed by atoms with Gasteiger partial charge >= 0.3 is 0 Å². The van der Waals surface area contributed by atoms with Crippen LogP contribution in [0, 0.1) is 23.0 Å². The van der Waals surface area contributed by atoms with Crippen molar-refractivity contribution in [2.75, 3.05) is 5.32 Å². The van der Waals surface area contributed by atoms with Gasteiger partial charge in [0.05, 0.1) is 23.2 Å². The van der Waals surface area contributed by atoms with Gasteiger partial charge < -0.3 is 15.7 Å². The van der Waals surface area contributed by atoms with E-state index >= 15 is 8.78 Å². The summed E-state index contributed by atoms with van der Waals surface area (Å²) in [6.45, 7) is 0. The molecule has 3 aliphatic carbocycles. The van der Waals surface area contributed by atoms with Crippen molar-refractivity contribution in [3.05, 3.63) is 52.9 Å². The third kappa shape index (κ3) is 4.13. The van der Waals surface area contributed by atoms with Gasteiger partial charge in [-0.05, 0) is 68.6 Å². The van der Waals surface area contributed by atoms with Crippen LogP contribution in [-0.2, 0) is 4.79 Å². The number of aliphatic hydroxyl groups is 1. The molecule has 0 spiro atoms. The van der Waals surface area contributed by atoms with Gasteiger partial charge in [-0.15, -0.1) is 0 Å². The molecule has 0 unspecified atom stereocenters. The molecule has 10 heteroatoms. The van der Waals surface area contributed by atoms with E-state index in [9.17, 15) is 14.3 Å². The van der Waals surface area contributed by atoms with Crippen molar-refractivity contribution in [3.63, 3.8) is 0 Å². The number of aliphatic hydroxyl groups excluding tert-OH is 1. The topological polar surface area (TPSA) is 87.1 Å². The summed E-state index contributed by atoms with van der Waals surface area (Å²) < 4.78 is 45.1. The fourth-order valence-electron chi connectivity index (χ4n) is 6.12. The van der Waals surface area contributed by atoms with Crippen LogP contribution in [0.25, 0.3) is 0 Å². The number of nitrogens with zero attached hydrogens (tertiary/aromatic N) is 2. The Morgan fingerprint density at radius 2 is 1.94 bits per heavy atom. The summed E-state index contributed by atoms with van der Waals surface area (Å²) in [5, 5.41) is 16.2. The van der Waals surface area contributed by atoms with Crippen molar-refractivity contribution >= 4 is 23.3 Å². The van der Waals surface area contributed by atoms with Crippen LogP contribution in [0.5, 0.6) is 0 Å². The first-order valence-corrected chi connectivity index (χ1v) is 11.9. The molecule has 1 amide bonds. The standard InChI is InChI=1S/C24H26ClF3N4O2/c25-14-1-2-15(26)19(20(14)27)21(23-4-6-24(28,11-23)7-5-23)32-22(34)13-9-16(17(33)10-13)31-18-3-8-29-12-30-18/h1-3,8,12-13,16-17,21,33H,4-7,9-11H2,(H,32,34)(H,29,30,31)/t13-,16+,17-,21-,23?,24?/m1/s1. The number of aromatic nitrogens is 2. The predicted molar refractivity (Wildman–Crippen MR) is 120 cm³/mol. The number of benzene rings is 1. The highest BCUT2D eigenvalue weighted by atomic mass is 35.5. The third-order valence-corrected chi connectivity index (χ3v) is 8.18. The molecule has 3 saturated carbocycles. The van der Waals surface area contributed by atoms with Gasteiger partial charge in [-0.25, -0.2) is 23.1 Å². The molecule has 182 valence electrons. The number of hydrogen-bond acceptors (Lipinski definition) is 5. The molecule has 6 nitrogen and oxygen atoms in total. The largest absolute Gasteiger partial charge is 0.391 e. The first-order valence-electron chi connectivity index (χ1n) is 11.5. The molecular weight excluding hydrogens is 469 g/mol. The summed E-state index contributed by atoms with van der Waals surface area (Å²) in [4.78, 5) is 21.3. The molecule has 2 aromatic rings. The number of halogens is 4. The Labute approximate surface area is 200 Å². The monoisotopic (exact) mass is 494 g/mol. The summed E-state index contributed by atoms with van der Waals surface area (Å²) in [7, 11) is 0. The van der Waals surface area contributed by atoms with Gasteiger partial charge in [0.1, 0.15) is 29.4 Å². The molecule has 1 aromatic heterocycles. The maximum atomic E-state index is 15.1. The number of anilines is 1. The van der Waals surface area contributed by atoms with Crippen LogP contribution in [0.2, 0.25) is 5.02 Å². The Bertz CT molecular complexity index is 1080. The van der Waals surface area contributed by atoms with E-state index < -0.39 is 52.7 Å². The van der Waals surface area contributed by atoms with Crippen molar-refractivity contribution in [1.29, 1.82) is 0 Å². The number of amides is 1. The second-order valence-electron chi connectivity index (χ2n) is 9.97. The van der Waals surface area contributed by atoms with E-state index in [1.54, 1.807) is 12.3 Å². The van der Waals surface area contributed by atoms with Crippen LogP contribution in [0.1, 0.15) is 56.6 Å². The SMILES string of the molecule is O=C(N[C@H](c1c(F)ccc(Cl)c1F)C12CCC(F)(CC1)C2)[C@H]1C[C@@H](O)[C@@H](Nc2ccncn2)C1. The zero-order chi connectivity index (χ0) is 24.1. The quantitative estimate of drug-likeness (QED) is 0.515. The number of carbonyl (C=O) groups is 1. The lowest BCUT2D eigenvalue weighted by molar-refractivity contribution is -0.127. The molecule has 0 saturated heterocycles. The molecule has 0 radical (unpaired) electrons. The van der Waals surface area contributed by atoms with Gasteiger partial charge in [0, 0.05) is 17.7 Å². The molecule has 34 heavy (non-hydrogen) atoms. The smallest absolute Gasteiger partial charge is 0.223 e. The molecule has 0 aliphatic heterocycles. The molecule has 4 atom stereocenters. The van der Waals surface area contributed by atoms with Crippen molar-refractivity contribution in [1.82, 2.24) is 15.3 Å². The minimum Gasteiger partial charge on any atom is -0.391 e. The van der Waals surface area contributed by atoms with Gasteiger partial charge in [-0.3, -0.25) is 4.79 Å². The Balaban J connectivity index is 1.39. The molecular formula is C24H26ClF3N4O2. The Hall–Kier alpha value is -2.39. The highest BCUT2D eigenvalue weighted by Gasteiger charge is 2.59. The maximum absolute atomic E-state index is 15.1. The zero-order valence-corrected chi connectivity index (χ0v) is 19.2. The predicted octanol–water partition coefficient (Wildman–Crippen LogP) is 4.49. The Kier molecular flexibility index (Phi) is 5.96. The number of alkyl halides is 1. The van der Waals surface area contributed by atoms with Gasteiger partial charge in [-0.2, -0.15) is 0 Å². The average Bonchev–Trinajstić information content (AvgIpc) is 3.47. The molecule has 1 heterocycles. The maximum Gasteiger partial charge on any atom is 0.223 e. The van der Waals surface area contributed by atoms with Crippen molar-refractivity contribution < 1.29 is 23.1 Å². The lowest BCUT2D eigenvalue weighted by Gasteiger charge is -2.37. The second kappa shape index (κ2) is 8.68. The third-order valence-electron chi connectivity index (χ3n) is 7.89. The number of fused-ring (bicyclic) bond motifs is 2. The Morgan fingerprint density at radius 3 is 2.59 bits per heavy atom. The van der Waals surface area contributed by atoms with E-state index in [-0.39, 0.29) is 23.4 Å². The normalized spacial score (nSPS) is 33.1. The number of nitrogens with one attached hydrogen (secondary N) is 2. The van der Waals surface area contributed by atoms with Crippen LogP contribution >= 0.6 is 11.6 Å². The average molecular weight is 495 g/mol. The van der Waals surface area contributed by atoms with E-state index in [0.29, 0.717) is 37.9 Å². The minimum atomic E-state index is -1.37. The number of carbonyl (C=O) groups excluding carboxylic acids is 1. The van der Waals surface area contributed by atoms with E-state index in [0.717, 1.165) is 12.1 Å². The fraction of sp³-hybridized carbons (Fsp3) is 0.542. The minimum absolute atomic E-state index is 0.140. The van der Waals surface area contributed by atoms with Crippen molar-refractivity contribution in [3.8, 4) is 0 Å². The van der Waals surface area contributed by atoms with Crippen LogP contribution in [-0.4, -0.2) is 38.8 Å². The molecule has 2 bridgehead atoms. The summed E-state index contributed by atoms with van der Waals surface area (Å²) in [5.74, 6) is -2.24. The number of hydrogen-bond donors (Lipinski definition) is 3. The van der Waals surface area contributed by atoms with Crippen molar-refractivity contribution in [2.45, 2.75) is 68.8 Å². The van der Waals surface area contributed by atoms with Crippen LogP contribution in [0.3, 0.4) is 0 Å². The highest BCUT2D eigenvalue weighted by molar-refractivity contribution is 6.30. The van der Waals surface area contributed by atoms with Gasteiger partial charge in [-0.1, -0.05) is 11.6 Å². The first kappa shape index (κ1) is 23.4. The van der Waals surface area contributed by atoms with E-state index in [1.165, 1.54) is 6.33 Å². The summed E-state index contributed by atoms with van der Waals surface area (Å²) in [6.07, 6.45) is 4.21. The van der Waals surface area contributed by atoms with E-state index in [1.807, 2.05) is 0 Å². The zero-order valence-electron chi connectivity index (χ0n) is 18.4. The highest BCUT2D eigenvalue weighted by Crippen LogP contribution is 2.63. The van der Waals surface area contributed by atoms with E-state index in [2.05, 4.69) is 20.6 Å². The molecule has 5 rings (SSSR count). The number of rotatable bonds is 6. The van der Waals surface area contributed by atoms with Crippen LogP contribution in [0.4, 0.5) is 19.0 Å². The Morgan fingerprint density at radius 1 is 1.18 bits per heavy atom. The summed E-state index contributed by atoms with van der Waals surface area (Å²) >= 11 is 5.96. The summed E-state index contributed by atoms with van der Waals surface area (Å²) in [5.41, 5.74) is -2.47. The molecule has 3 aliphatic rings. The van der Waals surface area contributed by atoms with Gasteiger partial charge in [0.15, 0.2) is 0 Å². The summed E-state index contributed by atoms with van der Waals surface area (Å²) in [6, 6.07) is 2.39. The second-order valence-corrected chi connectivity index (χ2v) is 10.4. The van der Waals surface area contributed by atoms with Crippen molar-refractivity contribution in [2.24, 2.45) is 11.3 Å².